The van der Waals surface area contributed by atoms with Crippen molar-refractivity contribution in [1.29, 1.82) is 0 Å². The van der Waals surface area contributed by atoms with Gasteiger partial charge in [-0.2, -0.15) is 0 Å². The zero-order valence-corrected chi connectivity index (χ0v) is 15.8. The molecule has 134 valence electrons. The van der Waals surface area contributed by atoms with Crippen molar-refractivity contribution in [2.75, 3.05) is 17.7 Å². The van der Waals surface area contributed by atoms with Gasteiger partial charge in [-0.05, 0) is 49.4 Å². The van der Waals surface area contributed by atoms with Crippen LogP contribution in [0.2, 0.25) is 0 Å². The van der Waals surface area contributed by atoms with Crippen LogP contribution in [0.5, 0.6) is 0 Å². The first kappa shape index (κ1) is 19.4. The lowest BCUT2D eigenvalue weighted by Gasteiger charge is -2.07. The fraction of sp³-hybridized carbons (Fsp3) is 0.105. The number of benzene rings is 2. The molecule has 0 atom stereocenters. The number of carbonyl (C=O) groups excluding carboxylic acids is 3. The van der Waals surface area contributed by atoms with Gasteiger partial charge >= 0.3 is 5.97 Å². The third-order valence-corrected chi connectivity index (χ3v) is 3.86. The second kappa shape index (κ2) is 8.96. The summed E-state index contributed by atoms with van der Waals surface area (Å²) in [5, 5.41) is 5.34. The summed E-state index contributed by atoms with van der Waals surface area (Å²) in [4.78, 5) is 35.6. The van der Waals surface area contributed by atoms with Crippen molar-refractivity contribution in [1.82, 2.24) is 0 Å². The standard InChI is InChI=1S/C19H17BrN2O4/c1-12(10-17(23)21-16-5-3-4-14(20)11-16)18(24)22-15-8-6-13(7-9-15)19(25)26-2/h3-11H,1-2H3,(H,21,23)(H,22,24)/b12-10+. The molecule has 0 saturated carbocycles. The van der Waals surface area contributed by atoms with Crippen LogP contribution in [0.4, 0.5) is 11.4 Å². The zero-order valence-electron chi connectivity index (χ0n) is 14.2. The summed E-state index contributed by atoms with van der Waals surface area (Å²) in [6, 6.07) is 13.4. The third-order valence-electron chi connectivity index (χ3n) is 3.36. The molecule has 0 heterocycles. The van der Waals surface area contributed by atoms with E-state index < -0.39 is 17.8 Å². The lowest BCUT2D eigenvalue weighted by molar-refractivity contribution is -0.114. The predicted octanol–water partition coefficient (Wildman–Crippen LogP) is 3.76. The number of amides is 2. The van der Waals surface area contributed by atoms with Gasteiger partial charge in [-0.15, -0.1) is 0 Å². The van der Waals surface area contributed by atoms with Crippen LogP contribution in [0.3, 0.4) is 0 Å². The van der Waals surface area contributed by atoms with E-state index in [1.54, 1.807) is 49.4 Å². The molecule has 0 aromatic heterocycles. The number of hydrogen-bond acceptors (Lipinski definition) is 4. The quantitative estimate of drug-likeness (QED) is 0.573. The molecule has 0 aliphatic rings. The molecule has 0 bridgehead atoms. The minimum atomic E-state index is -0.455. The molecule has 0 radical (unpaired) electrons. The summed E-state index contributed by atoms with van der Waals surface area (Å²) in [6.07, 6.45) is 1.22. The van der Waals surface area contributed by atoms with E-state index in [-0.39, 0.29) is 5.57 Å². The largest absolute Gasteiger partial charge is 0.465 e. The highest BCUT2D eigenvalue weighted by atomic mass is 79.9. The topological polar surface area (TPSA) is 84.5 Å². The molecule has 0 aliphatic carbocycles. The molecular weight excluding hydrogens is 400 g/mol. The van der Waals surface area contributed by atoms with Crippen molar-refractivity contribution in [3.63, 3.8) is 0 Å². The van der Waals surface area contributed by atoms with Gasteiger partial charge in [-0.3, -0.25) is 9.59 Å². The lowest BCUT2D eigenvalue weighted by atomic mass is 10.2. The summed E-state index contributed by atoms with van der Waals surface area (Å²) in [5.41, 5.74) is 1.75. The average Bonchev–Trinajstić information content (AvgIpc) is 2.61. The fourth-order valence-corrected chi connectivity index (χ4v) is 2.44. The van der Waals surface area contributed by atoms with Crippen molar-refractivity contribution in [3.8, 4) is 0 Å². The Bertz CT molecular complexity index is 860. The van der Waals surface area contributed by atoms with Crippen molar-refractivity contribution in [3.05, 3.63) is 70.2 Å². The number of methoxy groups -OCH3 is 1. The van der Waals surface area contributed by atoms with Gasteiger partial charge in [0, 0.05) is 27.5 Å². The van der Waals surface area contributed by atoms with Gasteiger partial charge in [-0.1, -0.05) is 22.0 Å². The number of esters is 1. The second-order valence-corrected chi connectivity index (χ2v) is 6.27. The van der Waals surface area contributed by atoms with E-state index >= 15 is 0 Å². The van der Waals surface area contributed by atoms with Crippen LogP contribution in [0.25, 0.3) is 0 Å². The summed E-state index contributed by atoms with van der Waals surface area (Å²) in [6.45, 7) is 1.54. The van der Waals surface area contributed by atoms with Crippen LogP contribution in [-0.4, -0.2) is 24.9 Å². The van der Waals surface area contributed by atoms with Gasteiger partial charge in [0.2, 0.25) is 5.91 Å². The Balaban J connectivity index is 1.98. The highest BCUT2D eigenvalue weighted by Crippen LogP contribution is 2.16. The van der Waals surface area contributed by atoms with Crippen molar-refractivity contribution >= 4 is 45.1 Å². The Labute approximate surface area is 159 Å². The molecule has 2 amide bonds. The van der Waals surface area contributed by atoms with Gasteiger partial charge in [0.05, 0.1) is 12.7 Å². The number of anilines is 2. The predicted molar refractivity (Wildman–Crippen MR) is 103 cm³/mol. The highest BCUT2D eigenvalue weighted by Gasteiger charge is 2.09. The first-order chi connectivity index (χ1) is 12.4. The zero-order chi connectivity index (χ0) is 19.1. The molecular formula is C19H17BrN2O4. The van der Waals surface area contributed by atoms with E-state index in [4.69, 9.17) is 0 Å². The molecule has 0 spiro atoms. The fourth-order valence-electron chi connectivity index (χ4n) is 2.04. The first-order valence-corrected chi connectivity index (χ1v) is 8.43. The van der Waals surface area contributed by atoms with Crippen molar-refractivity contribution in [2.45, 2.75) is 6.92 Å². The molecule has 2 aromatic carbocycles. The van der Waals surface area contributed by atoms with Crippen molar-refractivity contribution in [2.24, 2.45) is 0 Å². The maximum Gasteiger partial charge on any atom is 0.337 e. The molecule has 2 aromatic rings. The number of ether oxygens (including phenoxy) is 1. The van der Waals surface area contributed by atoms with Gasteiger partial charge in [0.15, 0.2) is 0 Å². The molecule has 0 fully saturated rings. The Kier molecular flexibility index (Phi) is 6.68. The monoisotopic (exact) mass is 416 g/mol. The normalized spacial score (nSPS) is 10.8. The highest BCUT2D eigenvalue weighted by molar-refractivity contribution is 9.10. The van der Waals surface area contributed by atoms with Gasteiger partial charge < -0.3 is 15.4 Å². The summed E-state index contributed by atoms with van der Waals surface area (Å²) in [5.74, 6) is -1.28. The van der Waals surface area contributed by atoms with Gasteiger partial charge in [0.25, 0.3) is 5.91 Å². The van der Waals surface area contributed by atoms with E-state index in [9.17, 15) is 14.4 Å². The summed E-state index contributed by atoms with van der Waals surface area (Å²) in [7, 11) is 1.30. The van der Waals surface area contributed by atoms with E-state index in [1.807, 2.05) is 6.07 Å². The van der Waals surface area contributed by atoms with E-state index in [0.717, 1.165) is 4.47 Å². The molecule has 0 aliphatic heterocycles. The molecule has 6 nitrogen and oxygen atoms in total. The van der Waals surface area contributed by atoms with Crippen LogP contribution in [0, 0.1) is 0 Å². The average molecular weight is 417 g/mol. The Morgan fingerprint density at radius 3 is 2.31 bits per heavy atom. The lowest BCUT2D eigenvalue weighted by Crippen LogP contribution is -2.16. The number of halogens is 1. The van der Waals surface area contributed by atoms with Crippen molar-refractivity contribution < 1.29 is 19.1 Å². The maximum absolute atomic E-state index is 12.2. The number of rotatable bonds is 5. The number of carbonyl (C=O) groups is 3. The van der Waals surface area contributed by atoms with Gasteiger partial charge in [-0.25, -0.2) is 4.79 Å². The third kappa shape index (κ3) is 5.56. The Hall–Kier alpha value is -2.93. The first-order valence-electron chi connectivity index (χ1n) is 7.63. The van der Waals surface area contributed by atoms with Crippen LogP contribution < -0.4 is 10.6 Å². The molecule has 0 saturated heterocycles. The minimum Gasteiger partial charge on any atom is -0.465 e. The Morgan fingerprint density at radius 1 is 1.00 bits per heavy atom. The smallest absolute Gasteiger partial charge is 0.337 e. The molecule has 2 N–H and O–H groups in total. The second-order valence-electron chi connectivity index (χ2n) is 5.35. The minimum absolute atomic E-state index is 0.245. The Morgan fingerprint density at radius 2 is 1.69 bits per heavy atom. The maximum atomic E-state index is 12.2. The van der Waals surface area contributed by atoms with Crippen LogP contribution in [0.1, 0.15) is 17.3 Å². The number of hydrogen-bond donors (Lipinski definition) is 2. The van der Waals surface area contributed by atoms with E-state index in [2.05, 4.69) is 31.3 Å². The molecule has 26 heavy (non-hydrogen) atoms. The number of nitrogens with one attached hydrogen (secondary N) is 2. The molecule has 2 rings (SSSR count). The van der Waals surface area contributed by atoms with Crippen LogP contribution >= 0.6 is 15.9 Å². The van der Waals surface area contributed by atoms with Crippen LogP contribution in [0.15, 0.2) is 64.7 Å². The molecule has 0 unspecified atom stereocenters. The van der Waals surface area contributed by atoms with Crippen LogP contribution in [-0.2, 0) is 14.3 Å². The summed E-state index contributed by atoms with van der Waals surface area (Å²) >= 11 is 3.32. The summed E-state index contributed by atoms with van der Waals surface area (Å²) < 4.78 is 5.45. The van der Waals surface area contributed by atoms with Gasteiger partial charge in [0.1, 0.15) is 0 Å². The SMILES string of the molecule is COC(=O)c1ccc(NC(=O)/C(C)=C/C(=O)Nc2cccc(Br)c2)cc1. The van der Waals surface area contributed by atoms with E-state index in [0.29, 0.717) is 16.9 Å². The molecule has 7 heteroatoms. The van der Waals surface area contributed by atoms with E-state index in [1.165, 1.54) is 13.2 Å².